The fraction of sp³-hybridized carbons (Fsp3) is 0.304. The Morgan fingerprint density at radius 1 is 1.12 bits per heavy atom. The third kappa shape index (κ3) is 5.16. The number of aromatic nitrogens is 2. The van der Waals surface area contributed by atoms with E-state index in [9.17, 15) is 18.4 Å². The smallest absolute Gasteiger partial charge is 0.321 e. The molecule has 2 N–H and O–H groups in total. The van der Waals surface area contributed by atoms with Gasteiger partial charge in [-0.3, -0.25) is 10.1 Å². The van der Waals surface area contributed by atoms with Gasteiger partial charge in [0, 0.05) is 25.1 Å². The molecular formula is C23H23F2N5O2S. The van der Waals surface area contributed by atoms with E-state index < -0.39 is 11.4 Å². The summed E-state index contributed by atoms with van der Waals surface area (Å²) in [5.41, 5.74) is 0.806. The van der Waals surface area contributed by atoms with E-state index in [0.29, 0.717) is 29.4 Å². The van der Waals surface area contributed by atoms with Crippen molar-refractivity contribution in [1.82, 2.24) is 19.6 Å². The van der Waals surface area contributed by atoms with Gasteiger partial charge >= 0.3 is 6.03 Å². The van der Waals surface area contributed by atoms with Crippen LogP contribution in [0.5, 0.6) is 0 Å². The largest absolute Gasteiger partial charge is 0.337 e. The molecule has 3 amide bonds. The number of carbonyl (C=O) groups is 2. The van der Waals surface area contributed by atoms with Gasteiger partial charge < -0.3 is 10.2 Å². The van der Waals surface area contributed by atoms with Crippen molar-refractivity contribution < 1.29 is 18.4 Å². The maximum Gasteiger partial charge on any atom is 0.321 e. The molecule has 0 bridgehead atoms. The summed E-state index contributed by atoms with van der Waals surface area (Å²) in [4.78, 5) is 31.2. The molecule has 0 unspecified atom stereocenters. The summed E-state index contributed by atoms with van der Waals surface area (Å²) >= 11 is 1.01. The predicted molar refractivity (Wildman–Crippen MR) is 121 cm³/mol. The average Bonchev–Trinajstić information content (AvgIpc) is 3.19. The molecule has 0 spiro atoms. The summed E-state index contributed by atoms with van der Waals surface area (Å²) in [5.74, 6) is -0.353. The highest BCUT2D eigenvalue weighted by molar-refractivity contribution is 7.09. The summed E-state index contributed by atoms with van der Waals surface area (Å²) in [6, 6.07) is 11.6. The molecule has 172 valence electrons. The van der Waals surface area contributed by atoms with Crippen molar-refractivity contribution in [3.05, 3.63) is 77.1 Å². The zero-order valence-corrected chi connectivity index (χ0v) is 18.8. The first-order valence-corrected chi connectivity index (χ1v) is 11.3. The van der Waals surface area contributed by atoms with Crippen LogP contribution in [0.1, 0.15) is 36.2 Å². The van der Waals surface area contributed by atoms with Crippen LogP contribution >= 0.6 is 11.5 Å². The molecule has 1 saturated carbocycles. The second-order valence-corrected chi connectivity index (χ2v) is 8.81. The summed E-state index contributed by atoms with van der Waals surface area (Å²) in [6.07, 6.45) is 2.36. The number of amides is 3. The number of anilines is 1. The number of halogens is 2. The lowest BCUT2D eigenvalue weighted by Gasteiger charge is -2.43. The van der Waals surface area contributed by atoms with Crippen molar-refractivity contribution in [1.29, 1.82) is 0 Å². The number of carbonyl (C=O) groups excluding carboxylic acids is 2. The van der Waals surface area contributed by atoms with Crippen LogP contribution in [0, 0.1) is 11.6 Å². The Labute approximate surface area is 194 Å². The Balaban J connectivity index is 1.33. The van der Waals surface area contributed by atoms with Crippen molar-refractivity contribution in [3.63, 3.8) is 0 Å². The lowest BCUT2D eigenvalue weighted by Crippen LogP contribution is -2.49. The molecule has 2 aromatic carbocycles. The van der Waals surface area contributed by atoms with E-state index in [2.05, 4.69) is 20.0 Å². The van der Waals surface area contributed by atoms with Gasteiger partial charge in [0.25, 0.3) is 0 Å². The molecule has 3 aromatic rings. The van der Waals surface area contributed by atoms with Gasteiger partial charge in [-0.1, -0.05) is 30.7 Å². The molecule has 33 heavy (non-hydrogen) atoms. The maximum absolute atomic E-state index is 13.3. The minimum absolute atomic E-state index is 0.0579. The van der Waals surface area contributed by atoms with Gasteiger partial charge in [-0.15, -0.1) is 0 Å². The number of nitrogens with one attached hydrogen (secondary N) is 2. The molecule has 0 atom stereocenters. The fourth-order valence-electron chi connectivity index (χ4n) is 3.91. The third-order valence-electron chi connectivity index (χ3n) is 5.77. The number of likely N-dealkylation sites (N-methyl/N-ethyl adjacent to an activating group) is 1. The minimum Gasteiger partial charge on any atom is -0.337 e. The van der Waals surface area contributed by atoms with E-state index in [-0.39, 0.29) is 30.6 Å². The normalized spacial score (nSPS) is 14.3. The van der Waals surface area contributed by atoms with Crippen LogP contribution in [0.15, 0.2) is 48.5 Å². The first-order valence-electron chi connectivity index (χ1n) is 10.5. The van der Waals surface area contributed by atoms with Crippen molar-refractivity contribution in [3.8, 4) is 0 Å². The van der Waals surface area contributed by atoms with Crippen LogP contribution in [0.25, 0.3) is 0 Å². The minimum atomic E-state index is -0.643. The molecule has 0 aliphatic heterocycles. The van der Waals surface area contributed by atoms with Crippen LogP contribution in [0.2, 0.25) is 0 Å². The van der Waals surface area contributed by atoms with E-state index in [1.54, 1.807) is 36.2 Å². The number of rotatable bonds is 7. The van der Waals surface area contributed by atoms with Gasteiger partial charge in [-0.05, 0) is 48.2 Å². The summed E-state index contributed by atoms with van der Waals surface area (Å²) < 4.78 is 30.8. The second-order valence-electron chi connectivity index (χ2n) is 8.06. The molecule has 1 aliphatic carbocycles. The second kappa shape index (κ2) is 9.62. The van der Waals surface area contributed by atoms with Gasteiger partial charge in [-0.2, -0.15) is 4.37 Å². The zero-order chi connectivity index (χ0) is 23.4. The molecular weight excluding hydrogens is 448 g/mol. The van der Waals surface area contributed by atoms with Gasteiger partial charge in [0.15, 0.2) is 5.82 Å². The quantitative estimate of drug-likeness (QED) is 0.540. The number of benzene rings is 2. The van der Waals surface area contributed by atoms with Crippen LogP contribution in [-0.4, -0.2) is 33.2 Å². The molecule has 1 aliphatic rings. The van der Waals surface area contributed by atoms with Crippen LogP contribution in [0.4, 0.5) is 18.7 Å². The van der Waals surface area contributed by atoms with Gasteiger partial charge in [0.2, 0.25) is 11.0 Å². The van der Waals surface area contributed by atoms with Gasteiger partial charge in [0.1, 0.15) is 11.6 Å². The summed E-state index contributed by atoms with van der Waals surface area (Å²) in [6.45, 7) is 0.350. The number of hydrogen-bond acceptors (Lipinski definition) is 5. The molecule has 1 fully saturated rings. The van der Waals surface area contributed by atoms with Crippen LogP contribution < -0.4 is 10.6 Å². The molecule has 7 nitrogen and oxygen atoms in total. The van der Waals surface area contributed by atoms with Crippen molar-refractivity contribution in [2.24, 2.45) is 0 Å². The van der Waals surface area contributed by atoms with E-state index in [4.69, 9.17) is 0 Å². The number of urea groups is 1. The molecule has 4 rings (SSSR count). The highest BCUT2D eigenvalue weighted by atomic mass is 32.1. The van der Waals surface area contributed by atoms with E-state index in [1.165, 1.54) is 24.3 Å². The molecule has 0 radical (unpaired) electrons. The highest BCUT2D eigenvalue weighted by Crippen LogP contribution is 2.45. The first kappa shape index (κ1) is 22.8. The monoisotopic (exact) mass is 471 g/mol. The first-order chi connectivity index (χ1) is 15.9. The standard InChI is InChI=1S/C23H23F2N5O2S/c1-30(20(31)23(10-3-11-23)16-6-8-17(24)9-7-16)14-19-27-22(33-29-19)28-21(32)26-13-15-4-2-5-18(25)12-15/h2,4-9,12H,3,10-11,13-14H2,1H3,(H2,26,27,28,29,32). The van der Waals surface area contributed by atoms with Crippen LogP contribution in [-0.2, 0) is 23.3 Å². The number of hydrogen-bond donors (Lipinski definition) is 2. The predicted octanol–water partition coefficient (Wildman–Crippen LogP) is 4.22. The van der Waals surface area contributed by atoms with E-state index in [1.807, 2.05) is 0 Å². The van der Waals surface area contributed by atoms with Gasteiger partial charge in [-0.25, -0.2) is 18.6 Å². The number of nitrogens with zero attached hydrogens (tertiary/aromatic N) is 3. The SMILES string of the molecule is CN(Cc1nsc(NC(=O)NCc2cccc(F)c2)n1)C(=O)C1(c2ccc(F)cc2)CCC1. The topological polar surface area (TPSA) is 87.2 Å². The van der Waals surface area contributed by atoms with Crippen LogP contribution in [0.3, 0.4) is 0 Å². The van der Waals surface area contributed by atoms with E-state index >= 15 is 0 Å². The van der Waals surface area contributed by atoms with Gasteiger partial charge in [0.05, 0.1) is 12.0 Å². The average molecular weight is 472 g/mol. The summed E-state index contributed by atoms with van der Waals surface area (Å²) in [7, 11) is 1.69. The Morgan fingerprint density at radius 3 is 2.55 bits per heavy atom. The van der Waals surface area contributed by atoms with Crippen molar-refractivity contribution in [2.75, 3.05) is 12.4 Å². The molecule has 1 aromatic heterocycles. The Bertz CT molecular complexity index is 1150. The highest BCUT2D eigenvalue weighted by Gasteiger charge is 2.47. The molecule has 0 saturated heterocycles. The molecule has 10 heteroatoms. The lowest BCUT2D eigenvalue weighted by molar-refractivity contribution is -0.140. The lowest BCUT2D eigenvalue weighted by atomic mass is 9.63. The Hall–Kier alpha value is -3.40. The molecule has 1 heterocycles. The van der Waals surface area contributed by atoms with Crippen molar-refractivity contribution in [2.45, 2.75) is 37.8 Å². The zero-order valence-electron chi connectivity index (χ0n) is 18.0. The Morgan fingerprint density at radius 2 is 1.88 bits per heavy atom. The fourth-order valence-corrected chi connectivity index (χ4v) is 4.49. The Kier molecular flexibility index (Phi) is 6.64. The van der Waals surface area contributed by atoms with Crippen molar-refractivity contribution >= 4 is 28.6 Å². The maximum atomic E-state index is 13.3. The third-order valence-corrected chi connectivity index (χ3v) is 6.44. The van der Waals surface area contributed by atoms with E-state index in [0.717, 1.165) is 23.5 Å². The summed E-state index contributed by atoms with van der Waals surface area (Å²) in [5, 5.41) is 5.52.